The number of hydrogen-bond acceptors (Lipinski definition) is 6. The van der Waals surface area contributed by atoms with Gasteiger partial charge in [-0.2, -0.15) is 0 Å². The number of amides is 2. The summed E-state index contributed by atoms with van der Waals surface area (Å²) in [4.78, 5) is 29.4. The van der Waals surface area contributed by atoms with Gasteiger partial charge in [-0.05, 0) is 50.6 Å². The Hall–Kier alpha value is -4.47. The monoisotopic (exact) mass is 531 g/mol. The summed E-state index contributed by atoms with van der Waals surface area (Å²) < 4.78 is 28.2. The zero-order chi connectivity index (χ0) is 27.6. The number of hydrogen-bond donors (Lipinski definition) is 1. The van der Waals surface area contributed by atoms with Gasteiger partial charge in [0.1, 0.15) is 37.1 Å². The van der Waals surface area contributed by atoms with Crippen LogP contribution < -0.4 is 19.7 Å². The number of carbonyl (C=O) groups is 2. The number of carbonyl (C=O) groups excluding carboxylic acids is 2. The molecule has 2 heterocycles. The van der Waals surface area contributed by atoms with E-state index in [-0.39, 0.29) is 12.1 Å². The molecule has 1 unspecified atom stereocenters. The summed E-state index contributed by atoms with van der Waals surface area (Å²) in [6.07, 6.45) is 0.631. The Morgan fingerprint density at radius 1 is 1.05 bits per heavy atom. The molecule has 0 fully saturated rings. The molecule has 1 aliphatic heterocycles. The van der Waals surface area contributed by atoms with Gasteiger partial charge in [0.15, 0.2) is 11.5 Å². The number of nitrogens with one attached hydrogen (secondary N) is 1. The van der Waals surface area contributed by atoms with Gasteiger partial charge in [-0.1, -0.05) is 42.5 Å². The number of rotatable bonds is 8. The number of fused-ring (bicyclic) bond motifs is 2. The van der Waals surface area contributed by atoms with Crippen LogP contribution in [0.25, 0.3) is 11.0 Å². The molecule has 3 aromatic carbocycles. The highest BCUT2D eigenvalue weighted by Gasteiger charge is 2.37. The van der Waals surface area contributed by atoms with E-state index in [0.29, 0.717) is 47.9 Å². The van der Waals surface area contributed by atoms with Gasteiger partial charge in [-0.15, -0.1) is 5.10 Å². The molecule has 1 N–H and O–H groups in total. The summed E-state index contributed by atoms with van der Waals surface area (Å²) in [5, 5.41) is 11.3. The predicted octanol–water partition coefficient (Wildman–Crippen LogP) is 4.42. The van der Waals surface area contributed by atoms with Crippen molar-refractivity contribution in [1.82, 2.24) is 20.3 Å². The zero-order valence-corrected chi connectivity index (χ0v) is 22.1. The molecule has 10 heteroatoms. The number of ether oxygens (including phenoxy) is 2. The minimum absolute atomic E-state index is 0.0635. The average molecular weight is 532 g/mol. The van der Waals surface area contributed by atoms with E-state index in [1.54, 1.807) is 36.4 Å². The number of aromatic nitrogens is 3. The summed E-state index contributed by atoms with van der Waals surface area (Å²) in [5.74, 6) is -0.643. The normalized spacial score (nSPS) is 13.6. The molecule has 0 saturated carbocycles. The molecule has 4 aromatic rings. The third kappa shape index (κ3) is 5.41. The largest absolute Gasteiger partial charge is 0.486 e. The highest BCUT2D eigenvalue weighted by Crippen LogP contribution is 2.38. The van der Waals surface area contributed by atoms with Crippen LogP contribution in [-0.2, 0) is 16.1 Å². The molecule has 202 valence electrons. The summed E-state index contributed by atoms with van der Waals surface area (Å²) >= 11 is 0. The standard InChI is InChI=1S/C29H30FN5O4/c1-4-29(2,3)31-28(37)27(20-9-5-6-10-21(20)30)35(19-13-14-24-25(17-19)39-16-15-38-24)26(36)18-34-23-12-8-7-11-22(23)32-33-34/h5-14,17,27H,4,15-16,18H2,1-3H3,(H,31,37). The summed E-state index contributed by atoms with van der Waals surface area (Å²) in [5.41, 5.74) is 1.11. The third-order valence-electron chi connectivity index (χ3n) is 6.83. The summed E-state index contributed by atoms with van der Waals surface area (Å²) in [6.45, 7) is 6.21. The molecule has 9 nitrogen and oxygen atoms in total. The van der Waals surface area contributed by atoms with E-state index in [1.807, 2.05) is 39.0 Å². The van der Waals surface area contributed by atoms with Crippen molar-refractivity contribution in [3.05, 3.63) is 78.1 Å². The van der Waals surface area contributed by atoms with E-state index in [0.717, 1.165) is 0 Å². The van der Waals surface area contributed by atoms with Crippen LogP contribution in [0.4, 0.5) is 10.1 Å². The van der Waals surface area contributed by atoms with Crippen LogP contribution in [0.1, 0.15) is 38.8 Å². The Morgan fingerprint density at radius 3 is 2.54 bits per heavy atom. The van der Waals surface area contributed by atoms with E-state index in [4.69, 9.17) is 9.47 Å². The topological polar surface area (TPSA) is 98.6 Å². The molecule has 0 bridgehead atoms. The maximum absolute atomic E-state index is 15.3. The van der Waals surface area contributed by atoms with Crippen molar-refractivity contribution in [1.29, 1.82) is 0 Å². The van der Waals surface area contributed by atoms with Crippen LogP contribution in [0.5, 0.6) is 11.5 Å². The molecule has 0 aliphatic carbocycles. The molecule has 39 heavy (non-hydrogen) atoms. The van der Waals surface area contributed by atoms with Crippen LogP contribution in [0.15, 0.2) is 66.7 Å². The lowest BCUT2D eigenvalue weighted by Crippen LogP contribution is -2.51. The second-order valence-electron chi connectivity index (χ2n) is 9.98. The van der Waals surface area contributed by atoms with Crippen LogP contribution in [0.3, 0.4) is 0 Å². The van der Waals surface area contributed by atoms with Gasteiger partial charge in [0, 0.05) is 22.9 Å². The molecule has 0 spiro atoms. The first kappa shape index (κ1) is 26.1. The van der Waals surface area contributed by atoms with Gasteiger partial charge in [-0.3, -0.25) is 14.5 Å². The maximum atomic E-state index is 15.3. The fraction of sp³-hybridized carbons (Fsp3) is 0.310. The first-order valence-corrected chi connectivity index (χ1v) is 12.8. The van der Waals surface area contributed by atoms with Crippen molar-refractivity contribution in [3.8, 4) is 11.5 Å². The second-order valence-corrected chi connectivity index (χ2v) is 9.98. The van der Waals surface area contributed by atoms with Crippen LogP contribution in [0.2, 0.25) is 0 Å². The molecular weight excluding hydrogens is 501 g/mol. The maximum Gasteiger partial charge on any atom is 0.249 e. The molecular formula is C29H30FN5O4. The number of nitrogens with zero attached hydrogens (tertiary/aromatic N) is 4. The van der Waals surface area contributed by atoms with Crippen molar-refractivity contribution in [2.75, 3.05) is 18.1 Å². The molecule has 0 radical (unpaired) electrons. The van der Waals surface area contributed by atoms with Gasteiger partial charge in [0.25, 0.3) is 0 Å². The summed E-state index contributed by atoms with van der Waals surface area (Å²) in [6, 6.07) is 16.9. The minimum Gasteiger partial charge on any atom is -0.486 e. The Kier molecular flexibility index (Phi) is 7.19. The lowest BCUT2D eigenvalue weighted by molar-refractivity contribution is -0.128. The van der Waals surface area contributed by atoms with Gasteiger partial charge in [-0.25, -0.2) is 9.07 Å². The van der Waals surface area contributed by atoms with Crippen molar-refractivity contribution < 1.29 is 23.5 Å². The predicted molar refractivity (Wildman–Crippen MR) is 144 cm³/mol. The number of para-hydroxylation sites is 1. The molecule has 1 atom stereocenters. The first-order chi connectivity index (χ1) is 18.8. The molecule has 2 amide bonds. The molecule has 1 aliphatic rings. The van der Waals surface area contributed by atoms with Crippen LogP contribution in [-0.4, -0.2) is 45.6 Å². The summed E-state index contributed by atoms with van der Waals surface area (Å²) in [7, 11) is 0. The smallest absolute Gasteiger partial charge is 0.249 e. The second kappa shape index (κ2) is 10.7. The van der Waals surface area contributed by atoms with E-state index in [2.05, 4.69) is 15.6 Å². The molecule has 5 rings (SSSR count). The highest BCUT2D eigenvalue weighted by atomic mass is 19.1. The lowest BCUT2D eigenvalue weighted by atomic mass is 9.97. The van der Waals surface area contributed by atoms with Gasteiger partial charge in [0.05, 0.1) is 5.52 Å². The fourth-order valence-corrected chi connectivity index (χ4v) is 4.44. The molecule has 0 saturated heterocycles. The van der Waals surface area contributed by atoms with Gasteiger partial charge in [0.2, 0.25) is 11.8 Å². The van der Waals surface area contributed by atoms with Crippen LogP contribution in [0, 0.1) is 5.82 Å². The highest BCUT2D eigenvalue weighted by molar-refractivity contribution is 6.02. The number of benzene rings is 3. The minimum atomic E-state index is -1.32. The van der Waals surface area contributed by atoms with E-state index in [1.165, 1.54) is 21.7 Å². The van der Waals surface area contributed by atoms with E-state index < -0.39 is 29.2 Å². The average Bonchev–Trinajstić information content (AvgIpc) is 3.34. The number of anilines is 1. The fourth-order valence-electron chi connectivity index (χ4n) is 4.44. The Labute approximate surface area is 225 Å². The quantitative estimate of drug-likeness (QED) is 0.362. The van der Waals surface area contributed by atoms with Crippen molar-refractivity contribution >= 4 is 28.5 Å². The molecule has 1 aromatic heterocycles. The first-order valence-electron chi connectivity index (χ1n) is 12.8. The van der Waals surface area contributed by atoms with Gasteiger partial charge < -0.3 is 14.8 Å². The Balaban J connectivity index is 1.64. The third-order valence-corrected chi connectivity index (χ3v) is 6.83. The Morgan fingerprint density at radius 2 is 1.77 bits per heavy atom. The zero-order valence-electron chi connectivity index (χ0n) is 22.1. The van der Waals surface area contributed by atoms with Crippen molar-refractivity contribution in [2.24, 2.45) is 0 Å². The Bertz CT molecular complexity index is 1520. The SMILES string of the molecule is CCC(C)(C)NC(=O)C(c1ccccc1F)N(C(=O)Cn1nnc2ccccc21)c1ccc2c(c1)OCCO2. The van der Waals surface area contributed by atoms with Crippen LogP contribution >= 0.6 is 0 Å². The van der Waals surface area contributed by atoms with E-state index in [9.17, 15) is 9.59 Å². The van der Waals surface area contributed by atoms with Crippen molar-refractivity contribution in [3.63, 3.8) is 0 Å². The van der Waals surface area contributed by atoms with E-state index >= 15 is 4.39 Å². The van der Waals surface area contributed by atoms with Gasteiger partial charge >= 0.3 is 0 Å². The number of halogens is 1. The lowest BCUT2D eigenvalue weighted by Gasteiger charge is -2.35. The van der Waals surface area contributed by atoms with Crippen molar-refractivity contribution in [2.45, 2.75) is 45.3 Å².